The Balaban J connectivity index is 2.41. The van der Waals surface area contributed by atoms with Gasteiger partial charge in [-0.05, 0) is 44.2 Å². The fraction of sp³-hybridized carbons (Fsp3) is 0.222. The molecule has 0 aliphatic heterocycles. The highest BCUT2D eigenvalue weighted by Gasteiger charge is 2.24. The zero-order chi connectivity index (χ0) is 20.8. The summed E-state index contributed by atoms with van der Waals surface area (Å²) in [5.41, 5.74) is -1.65. The maximum absolute atomic E-state index is 14.3. The molecule has 2 aromatic carbocycles. The minimum atomic E-state index is -1.47. The Morgan fingerprint density at radius 3 is 2.39 bits per heavy atom. The second-order valence-corrected chi connectivity index (χ2v) is 5.32. The van der Waals surface area contributed by atoms with Crippen molar-refractivity contribution < 1.29 is 37.5 Å². The van der Waals surface area contributed by atoms with Gasteiger partial charge in [0.1, 0.15) is 5.82 Å². The van der Waals surface area contributed by atoms with Crippen LogP contribution in [0, 0.1) is 17.5 Å². The van der Waals surface area contributed by atoms with Crippen LogP contribution in [0.15, 0.2) is 30.3 Å². The summed E-state index contributed by atoms with van der Waals surface area (Å²) < 4.78 is 47.0. The van der Waals surface area contributed by atoms with Crippen LogP contribution in [0.4, 0.5) is 24.5 Å². The molecule has 0 aliphatic carbocycles. The second kappa shape index (κ2) is 9.20. The van der Waals surface area contributed by atoms with E-state index in [0.717, 1.165) is 18.2 Å². The van der Waals surface area contributed by atoms with E-state index in [1.165, 1.54) is 13.0 Å². The smallest absolute Gasteiger partial charge is 0.338 e. The van der Waals surface area contributed by atoms with Crippen molar-refractivity contribution in [3.8, 4) is 0 Å². The third kappa shape index (κ3) is 4.59. The molecule has 150 valence electrons. The van der Waals surface area contributed by atoms with Gasteiger partial charge in [-0.15, -0.1) is 0 Å². The van der Waals surface area contributed by atoms with E-state index in [4.69, 9.17) is 4.74 Å². The summed E-state index contributed by atoms with van der Waals surface area (Å²) in [4.78, 5) is 28.4. The second-order valence-electron chi connectivity index (χ2n) is 5.32. The lowest BCUT2D eigenvalue weighted by Gasteiger charge is -2.17. The van der Waals surface area contributed by atoms with Crippen LogP contribution < -0.4 is 5.32 Å². The Bertz CT molecular complexity index is 892. The van der Waals surface area contributed by atoms with Crippen LogP contribution >= 0.6 is 0 Å². The van der Waals surface area contributed by atoms with Crippen molar-refractivity contribution in [3.63, 3.8) is 0 Å². The average molecular weight is 398 g/mol. The van der Waals surface area contributed by atoms with Gasteiger partial charge in [0.2, 0.25) is 0 Å². The zero-order valence-electron chi connectivity index (χ0n) is 15.0. The number of carbonyl (C=O) groups is 2. The first-order valence-corrected chi connectivity index (χ1v) is 8.18. The van der Waals surface area contributed by atoms with Crippen molar-refractivity contribution >= 4 is 23.3 Å². The molecular formula is C18H17F3N2O5. The molecule has 0 atom stereocenters. The predicted octanol–water partition coefficient (Wildman–Crippen LogP) is 3.81. The number of anilines is 2. The van der Waals surface area contributed by atoms with E-state index < -0.39 is 40.6 Å². The van der Waals surface area contributed by atoms with Crippen LogP contribution in [0.25, 0.3) is 0 Å². The first-order valence-electron chi connectivity index (χ1n) is 8.18. The number of hydroxylamine groups is 2. The van der Waals surface area contributed by atoms with Crippen molar-refractivity contribution in [1.29, 1.82) is 0 Å². The molecular weight excluding hydrogens is 381 g/mol. The van der Waals surface area contributed by atoms with E-state index in [1.54, 1.807) is 6.92 Å². The first kappa shape index (κ1) is 21.2. The van der Waals surface area contributed by atoms with Crippen LogP contribution in [-0.4, -0.2) is 35.5 Å². The SMILES string of the molecule is CCOC(=O)c1ccc(Nc2c(C(=O)N(O)OCC)ccc(F)c2F)c(F)c1. The van der Waals surface area contributed by atoms with Crippen molar-refractivity contribution in [2.75, 3.05) is 18.5 Å². The molecule has 0 saturated heterocycles. The monoisotopic (exact) mass is 398 g/mol. The molecule has 0 radical (unpaired) electrons. The fourth-order valence-corrected chi connectivity index (χ4v) is 2.23. The van der Waals surface area contributed by atoms with Crippen LogP contribution in [0.5, 0.6) is 0 Å². The van der Waals surface area contributed by atoms with Crippen molar-refractivity contribution in [2.24, 2.45) is 0 Å². The number of hydrogen-bond donors (Lipinski definition) is 2. The molecule has 0 heterocycles. The maximum Gasteiger partial charge on any atom is 0.338 e. The summed E-state index contributed by atoms with van der Waals surface area (Å²) in [6, 6.07) is 4.72. The van der Waals surface area contributed by atoms with E-state index in [2.05, 4.69) is 10.2 Å². The van der Waals surface area contributed by atoms with Crippen LogP contribution in [-0.2, 0) is 9.57 Å². The molecule has 1 amide bonds. The van der Waals surface area contributed by atoms with Crippen molar-refractivity contribution in [3.05, 3.63) is 58.9 Å². The maximum atomic E-state index is 14.3. The molecule has 7 nitrogen and oxygen atoms in total. The van der Waals surface area contributed by atoms with Gasteiger partial charge in [0.25, 0.3) is 0 Å². The lowest BCUT2D eigenvalue weighted by Crippen LogP contribution is -2.28. The Labute approximate surface area is 158 Å². The minimum absolute atomic E-state index is 0.0708. The van der Waals surface area contributed by atoms with E-state index >= 15 is 0 Å². The largest absolute Gasteiger partial charge is 0.462 e. The highest BCUT2D eigenvalue weighted by molar-refractivity contribution is 5.99. The molecule has 0 aromatic heterocycles. The summed E-state index contributed by atoms with van der Waals surface area (Å²) in [5, 5.41) is 11.6. The molecule has 0 fully saturated rings. The standard InChI is InChI=1S/C18H17F3N2O5/c1-3-27-18(25)10-5-8-14(13(20)9-10)22-16-11(6-7-12(19)15(16)21)17(24)23(26)28-4-2/h5-9,22,26H,3-4H2,1-2H3. The third-order valence-corrected chi connectivity index (χ3v) is 3.49. The van der Waals surface area contributed by atoms with Gasteiger partial charge in [0, 0.05) is 0 Å². The summed E-state index contributed by atoms with van der Waals surface area (Å²) in [6.07, 6.45) is 0. The zero-order valence-corrected chi connectivity index (χ0v) is 15.0. The number of halogens is 3. The number of nitrogens with zero attached hydrogens (tertiary/aromatic N) is 1. The van der Waals surface area contributed by atoms with Crippen LogP contribution in [0.1, 0.15) is 34.6 Å². The Hall–Kier alpha value is -3.11. The Morgan fingerprint density at radius 1 is 1.07 bits per heavy atom. The molecule has 0 unspecified atom stereocenters. The normalized spacial score (nSPS) is 10.5. The van der Waals surface area contributed by atoms with Gasteiger partial charge in [-0.1, -0.05) is 5.23 Å². The van der Waals surface area contributed by atoms with Gasteiger partial charge in [-0.3, -0.25) is 10.0 Å². The first-order chi connectivity index (χ1) is 13.3. The molecule has 28 heavy (non-hydrogen) atoms. The summed E-state index contributed by atoms with van der Waals surface area (Å²) in [7, 11) is 0. The summed E-state index contributed by atoms with van der Waals surface area (Å²) >= 11 is 0. The van der Waals surface area contributed by atoms with E-state index in [1.807, 2.05) is 0 Å². The molecule has 10 heteroatoms. The predicted molar refractivity (Wildman–Crippen MR) is 91.6 cm³/mol. The van der Waals surface area contributed by atoms with Gasteiger partial charge >= 0.3 is 11.9 Å². The molecule has 0 bridgehead atoms. The number of ether oxygens (including phenoxy) is 1. The number of nitrogens with one attached hydrogen (secondary N) is 1. The molecule has 0 aliphatic rings. The van der Waals surface area contributed by atoms with E-state index in [-0.39, 0.29) is 29.7 Å². The van der Waals surface area contributed by atoms with Crippen molar-refractivity contribution in [1.82, 2.24) is 5.23 Å². The quantitative estimate of drug-likeness (QED) is 0.419. The molecule has 2 rings (SSSR count). The number of esters is 1. The van der Waals surface area contributed by atoms with Gasteiger partial charge in [-0.25, -0.2) is 22.8 Å². The molecule has 0 saturated carbocycles. The Morgan fingerprint density at radius 2 is 1.79 bits per heavy atom. The number of amides is 1. The Kier molecular flexibility index (Phi) is 6.96. The van der Waals surface area contributed by atoms with E-state index in [0.29, 0.717) is 6.07 Å². The third-order valence-electron chi connectivity index (χ3n) is 3.49. The minimum Gasteiger partial charge on any atom is -0.462 e. The number of hydrogen-bond acceptors (Lipinski definition) is 6. The van der Waals surface area contributed by atoms with Crippen LogP contribution in [0.3, 0.4) is 0 Å². The van der Waals surface area contributed by atoms with Gasteiger partial charge in [-0.2, -0.15) is 0 Å². The molecule has 0 spiro atoms. The number of benzene rings is 2. The summed E-state index contributed by atoms with van der Waals surface area (Å²) in [6.45, 7) is 3.10. The molecule has 2 aromatic rings. The fourth-order valence-electron chi connectivity index (χ4n) is 2.23. The number of carbonyl (C=O) groups excluding carboxylic acids is 2. The number of rotatable bonds is 7. The lowest BCUT2D eigenvalue weighted by atomic mass is 10.1. The molecule has 2 N–H and O–H groups in total. The summed E-state index contributed by atoms with van der Waals surface area (Å²) in [5.74, 6) is -5.70. The van der Waals surface area contributed by atoms with Gasteiger partial charge in [0.15, 0.2) is 11.6 Å². The lowest BCUT2D eigenvalue weighted by molar-refractivity contribution is -0.294. The van der Waals surface area contributed by atoms with E-state index in [9.17, 15) is 28.0 Å². The van der Waals surface area contributed by atoms with Crippen LogP contribution in [0.2, 0.25) is 0 Å². The average Bonchev–Trinajstić information content (AvgIpc) is 2.66. The van der Waals surface area contributed by atoms with Gasteiger partial charge in [0.05, 0.1) is 35.7 Å². The van der Waals surface area contributed by atoms with Gasteiger partial charge < -0.3 is 10.1 Å². The highest BCUT2D eigenvalue weighted by Crippen LogP contribution is 2.29. The highest BCUT2D eigenvalue weighted by atomic mass is 19.2. The topological polar surface area (TPSA) is 88.1 Å². The van der Waals surface area contributed by atoms with Crippen molar-refractivity contribution in [2.45, 2.75) is 13.8 Å².